The number of benzene rings is 1. The summed E-state index contributed by atoms with van der Waals surface area (Å²) in [6, 6.07) is 7.64. The van der Waals surface area contributed by atoms with Gasteiger partial charge in [0.15, 0.2) is 0 Å². The van der Waals surface area contributed by atoms with Gasteiger partial charge in [0.2, 0.25) is 0 Å². The maximum atomic E-state index is 13.1. The molecule has 0 aliphatic rings. The van der Waals surface area contributed by atoms with E-state index in [2.05, 4.69) is 15.9 Å². The van der Waals surface area contributed by atoms with Crippen LogP contribution in [0.5, 0.6) is 0 Å². The summed E-state index contributed by atoms with van der Waals surface area (Å²) in [5.74, 6) is -0.328. The van der Waals surface area contributed by atoms with E-state index in [1.807, 2.05) is 12.1 Å². The molecule has 1 aromatic heterocycles. The molecule has 1 atom stereocenters. The average molecular weight is 321 g/mol. The minimum absolute atomic E-state index is 0.328. The van der Waals surface area contributed by atoms with Gasteiger partial charge in [0.25, 0.3) is 0 Å². The average Bonchev–Trinajstić information content (AvgIpc) is 2.67. The lowest BCUT2D eigenvalue weighted by molar-refractivity contribution is 0.624. The van der Waals surface area contributed by atoms with Crippen molar-refractivity contribution in [1.29, 1.82) is 0 Å². The topological polar surface area (TPSA) is 26.0 Å². The Morgan fingerprint density at radius 3 is 2.69 bits per heavy atom. The van der Waals surface area contributed by atoms with E-state index >= 15 is 0 Å². The maximum Gasteiger partial charge on any atom is 0.123 e. The summed E-state index contributed by atoms with van der Waals surface area (Å²) in [6.07, 6.45) is 0. The van der Waals surface area contributed by atoms with E-state index in [4.69, 9.17) is 17.3 Å². The Labute approximate surface area is 110 Å². The van der Waals surface area contributed by atoms with Crippen LogP contribution in [0, 0.1) is 5.82 Å². The Kier molecular flexibility index (Phi) is 3.64. The highest BCUT2D eigenvalue weighted by atomic mass is 79.9. The van der Waals surface area contributed by atoms with Crippen molar-refractivity contribution in [3.63, 3.8) is 0 Å². The van der Waals surface area contributed by atoms with Crippen LogP contribution >= 0.6 is 38.9 Å². The van der Waals surface area contributed by atoms with Gasteiger partial charge in [-0.25, -0.2) is 4.39 Å². The van der Waals surface area contributed by atoms with Crippen LogP contribution in [0.15, 0.2) is 34.1 Å². The van der Waals surface area contributed by atoms with Crippen LogP contribution in [0.3, 0.4) is 0 Å². The van der Waals surface area contributed by atoms with Crippen LogP contribution in [0.25, 0.3) is 0 Å². The first-order valence-corrected chi connectivity index (χ1v) is 6.52. The Balaban J connectivity index is 2.40. The van der Waals surface area contributed by atoms with Crippen molar-refractivity contribution in [1.82, 2.24) is 0 Å². The zero-order valence-corrected chi connectivity index (χ0v) is 11.2. The molecule has 0 radical (unpaired) electrons. The molecule has 84 valence electrons. The van der Waals surface area contributed by atoms with Crippen molar-refractivity contribution in [2.45, 2.75) is 6.04 Å². The van der Waals surface area contributed by atoms with Crippen molar-refractivity contribution in [2.24, 2.45) is 5.73 Å². The molecule has 1 aromatic carbocycles. The molecular formula is C11H8BrClFNS. The Morgan fingerprint density at radius 1 is 1.31 bits per heavy atom. The number of thiophene rings is 1. The lowest BCUT2D eigenvalue weighted by atomic mass is 10.1. The first-order valence-electron chi connectivity index (χ1n) is 4.53. The fourth-order valence-electron chi connectivity index (χ4n) is 1.40. The molecule has 2 rings (SSSR count). The third-order valence-corrected chi connectivity index (χ3v) is 4.24. The third-order valence-electron chi connectivity index (χ3n) is 2.19. The molecule has 1 unspecified atom stereocenters. The van der Waals surface area contributed by atoms with E-state index in [0.29, 0.717) is 10.6 Å². The Bertz CT molecular complexity index is 514. The van der Waals surface area contributed by atoms with Gasteiger partial charge in [-0.2, -0.15) is 0 Å². The van der Waals surface area contributed by atoms with Gasteiger partial charge in [0.05, 0.1) is 9.83 Å². The third kappa shape index (κ3) is 2.46. The molecule has 0 fully saturated rings. The zero-order valence-electron chi connectivity index (χ0n) is 8.08. The number of hydrogen-bond donors (Lipinski definition) is 1. The van der Waals surface area contributed by atoms with Crippen molar-refractivity contribution >= 4 is 38.9 Å². The van der Waals surface area contributed by atoms with Gasteiger partial charge >= 0.3 is 0 Å². The fourth-order valence-corrected chi connectivity index (χ4v) is 3.08. The predicted octanol–water partition coefficient (Wildman–Crippen LogP) is 4.35. The quantitative estimate of drug-likeness (QED) is 0.874. The van der Waals surface area contributed by atoms with Crippen LogP contribution < -0.4 is 5.73 Å². The van der Waals surface area contributed by atoms with E-state index in [1.54, 1.807) is 0 Å². The summed E-state index contributed by atoms with van der Waals surface area (Å²) < 4.78 is 14.1. The van der Waals surface area contributed by atoms with Gasteiger partial charge in [0.1, 0.15) is 5.82 Å². The monoisotopic (exact) mass is 319 g/mol. The lowest BCUT2D eigenvalue weighted by Crippen LogP contribution is -2.11. The summed E-state index contributed by atoms with van der Waals surface area (Å²) in [6.45, 7) is 0. The molecule has 0 amide bonds. The Hall–Kier alpha value is -0.420. The van der Waals surface area contributed by atoms with Gasteiger partial charge < -0.3 is 5.73 Å². The zero-order chi connectivity index (χ0) is 11.7. The second kappa shape index (κ2) is 4.84. The normalized spacial score (nSPS) is 12.8. The minimum Gasteiger partial charge on any atom is -0.320 e. The van der Waals surface area contributed by atoms with Crippen molar-refractivity contribution < 1.29 is 4.39 Å². The molecule has 0 aliphatic carbocycles. The van der Waals surface area contributed by atoms with Gasteiger partial charge in [-0.3, -0.25) is 0 Å². The largest absolute Gasteiger partial charge is 0.320 e. The van der Waals surface area contributed by atoms with E-state index < -0.39 is 0 Å². The first-order chi connectivity index (χ1) is 7.58. The molecule has 2 N–H and O–H groups in total. The molecule has 0 bridgehead atoms. The van der Waals surface area contributed by atoms with E-state index in [1.165, 1.54) is 29.5 Å². The van der Waals surface area contributed by atoms with Crippen molar-refractivity contribution in [2.75, 3.05) is 0 Å². The fraction of sp³-hybridized carbons (Fsp3) is 0.0909. The van der Waals surface area contributed by atoms with Crippen molar-refractivity contribution in [3.05, 3.63) is 55.4 Å². The highest BCUT2D eigenvalue weighted by molar-refractivity contribution is 9.11. The number of nitrogens with two attached hydrogens (primary N) is 1. The smallest absolute Gasteiger partial charge is 0.123 e. The van der Waals surface area contributed by atoms with Gasteiger partial charge in [-0.05, 0) is 51.8 Å². The van der Waals surface area contributed by atoms with E-state index in [9.17, 15) is 4.39 Å². The highest BCUT2D eigenvalue weighted by Crippen LogP contribution is 2.32. The van der Waals surface area contributed by atoms with Crippen LogP contribution in [-0.4, -0.2) is 0 Å². The van der Waals surface area contributed by atoms with E-state index in [-0.39, 0.29) is 11.9 Å². The predicted molar refractivity (Wildman–Crippen MR) is 69.5 cm³/mol. The van der Waals surface area contributed by atoms with Crippen LogP contribution in [0.4, 0.5) is 4.39 Å². The molecule has 1 nitrogen and oxygen atoms in total. The minimum atomic E-state index is -0.389. The highest BCUT2D eigenvalue weighted by Gasteiger charge is 2.15. The molecule has 1 heterocycles. The van der Waals surface area contributed by atoms with Crippen LogP contribution in [-0.2, 0) is 0 Å². The summed E-state index contributed by atoms with van der Waals surface area (Å²) in [5, 5.41) is 0.485. The molecule has 16 heavy (non-hydrogen) atoms. The second-order valence-corrected chi connectivity index (χ2v) is 6.19. The van der Waals surface area contributed by atoms with E-state index in [0.717, 1.165) is 8.66 Å². The second-order valence-electron chi connectivity index (χ2n) is 3.29. The standard InChI is InChI=1S/C11H8BrClFNS/c12-10-4-3-9(16-10)11(15)7-5-6(14)1-2-8(7)13/h1-5,11H,15H2. The molecule has 0 spiro atoms. The summed E-state index contributed by atoms with van der Waals surface area (Å²) in [7, 11) is 0. The first kappa shape index (κ1) is 12.0. The number of hydrogen-bond acceptors (Lipinski definition) is 2. The Morgan fingerprint density at radius 2 is 2.06 bits per heavy atom. The van der Waals surface area contributed by atoms with Crippen LogP contribution in [0.1, 0.15) is 16.5 Å². The molecule has 5 heteroatoms. The summed E-state index contributed by atoms with van der Waals surface area (Å²) in [5.41, 5.74) is 6.65. The van der Waals surface area contributed by atoms with Gasteiger partial charge in [-0.1, -0.05) is 11.6 Å². The molecule has 2 aromatic rings. The summed E-state index contributed by atoms with van der Waals surface area (Å²) >= 11 is 10.9. The molecule has 0 aliphatic heterocycles. The maximum absolute atomic E-state index is 13.1. The van der Waals surface area contributed by atoms with Crippen molar-refractivity contribution in [3.8, 4) is 0 Å². The summed E-state index contributed by atoms with van der Waals surface area (Å²) in [4.78, 5) is 0.944. The number of halogens is 3. The molecular weight excluding hydrogens is 313 g/mol. The number of rotatable bonds is 2. The molecule has 0 saturated heterocycles. The van der Waals surface area contributed by atoms with Gasteiger partial charge in [-0.15, -0.1) is 11.3 Å². The van der Waals surface area contributed by atoms with Crippen LogP contribution in [0.2, 0.25) is 5.02 Å². The molecule has 0 saturated carbocycles. The lowest BCUT2D eigenvalue weighted by Gasteiger charge is -2.11. The van der Waals surface area contributed by atoms with Gasteiger partial charge in [0, 0.05) is 9.90 Å². The SMILES string of the molecule is NC(c1ccc(Br)s1)c1cc(F)ccc1Cl.